The van der Waals surface area contributed by atoms with Crippen molar-refractivity contribution in [2.45, 2.75) is 65.3 Å². The van der Waals surface area contributed by atoms with E-state index in [4.69, 9.17) is 0 Å². The minimum Gasteiger partial charge on any atom is -0.314 e. The van der Waals surface area contributed by atoms with Crippen molar-refractivity contribution < 1.29 is 0 Å². The highest BCUT2D eigenvalue weighted by atomic mass is 14.9. The molecule has 0 radical (unpaired) electrons. The predicted octanol–water partition coefficient (Wildman–Crippen LogP) is 3.59. The molecule has 84 valence electrons. The summed E-state index contributed by atoms with van der Waals surface area (Å²) in [5.74, 6) is 1.84. The van der Waals surface area contributed by atoms with Crippen LogP contribution in [0.5, 0.6) is 0 Å². The molecule has 1 N–H and O–H groups in total. The first kappa shape index (κ1) is 12.0. The lowest BCUT2D eigenvalue weighted by molar-refractivity contribution is 0.344. The summed E-state index contributed by atoms with van der Waals surface area (Å²) in [5, 5.41) is 3.67. The molecule has 2 atom stereocenters. The third-order valence-corrected chi connectivity index (χ3v) is 3.40. The van der Waals surface area contributed by atoms with Crippen LogP contribution in [-0.2, 0) is 0 Å². The minimum absolute atomic E-state index is 0.881. The summed E-state index contributed by atoms with van der Waals surface area (Å²) in [7, 11) is 0. The molecule has 1 rings (SSSR count). The van der Waals surface area contributed by atoms with E-state index in [0.717, 1.165) is 17.9 Å². The lowest BCUT2D eigenvalue weighted by atomic mass is 9.90. The van der Waals surface area contributed by atoms with Crippen LogP contribution in [0.25, 0.3) is 0 Å². The highest BCUT2D eigenvalue weighted by Gasteiger charge is 2.22. The summed E-state index contributed by atoms with van der Waals surface area (Å²) >= 11 is 0. The number of hydrogen-bond donors (Lipinski definition) is 1. The van der Waals surface area contributed by atoms with Crippen LogP contribution in [0.1, 0.15) is 59.3 Å². The van der Waals surface area contributed by atoms with Gasteiger partial charge in [0.15, 0.2) is 0 Å². The lowest BCUT2D eigenvalue weighted by Crippen LogP contribution is -2.25. The fourth-order valence-electron chi connectivity index (χ4n) is 2.07. The fraction of sp³-hybridized carbons (Fsp3) is 1.00. The van der Waals surface area contributed by atoms with E-state index in [2.05, 4.69) is 26.1 Å². The van der Waals surface area contributed by atoms with Gasteiger partial charge in [0.25, 0.3) is 0 Å². The van der Waals surface area contributed by atoms with E-state index in [1.165, 1.54) is 45.1 Å². The molecule has 0 amide bonds. The molecule has 1 aliphatic rings. The second-order valence-electron chi connectivity index (χ2n) is 5.09. The first-order chi connectivity index (χ1) is 6.76. The van der Waals surface area contributed by atoms with E-state index >= 15 is 0 Å². The molecule has 1 fully saturated rings. The Morgan fingerprint density at radius 1 is 1.29 bits per heavy atom. The predicted molar refractivity (Wildman–Crippen MR) is 63.5 cm³/mol. The largest absolute Gasteiger partial charge is 0.314 e. The van der Waals surface area contributed by atoms with Crippen molar-refractivity contribution >= 4 is 0 Å². The van der Waals surface area contributed by atoms with Gasteiger partial charge in [-0.3, -0.25) is 0 Å². The topological polar surface area (TPSA) is 12.0 Å². The maximum absolute atomic E-state index is 3.67. The first-order valence-electron chi connectivity index (χ1n) is 6.49. The van der Waals surface area contributed by atoms with Gasteiger partial charge >= 0.3 is 0 Å². The van der Waals surface area contributed by atoms with E-state index in [0.29, 0.717) is 0 Å². The van der Waals surface area contributed by atoms with Crippen LogP contribution in [0.4, 0.5) is 0 Å². The summed E-state index contributed by atoms with van der Waals surface area (Å²) < 4.78 is 0. The Kier molecular flexibility index (Phi) is 5.54. The van der Waals surface area contributed by atoms with Gasteiger partial charge in [-0.25, -0.2) is 0 Å². The second-order valence-corrected chi connectivity index (χ2v) is 5.09. The van der Waals surface area contributed by atoms with E-state index < -0.39 is 0 Å². The van der Waals surface area contributed by atoms with Crippen LogP contribution in [0.15, 0.2) is 0 Å². The van der Waals surface area contributed by atoms with Gasteiger partial charge in [0.05, 0.1) is 0 Å². The summed E-state index contributed by atoms with van der Waals surface area (Å²) in [6.45, 7) is 8.27. The van der Waals surface area contributed by atoms with Crippen molar-refractivity contribution in [3.8, 4) is 0 Å². The Hall–Kier alpha value is -0.0400. The monoisotopic (exact) mass is 197 g/mol. The number of rotatable bonds is 8. The molecule has 0 spiro atoms. The van der Waals surface area contributed by atoms with Crippen LogP contribution in [-0.4, -0.2) is 12.6 Å². The zero-order chi connectivity index (χ0) is 10.4. The molecule has 1 saturated carbocycles. The van der Waals surface area contributed by atoms with Gasteiger partial charge in [-0.1, -0.05) is 33.6 Å². The van der Waals surface area contributed by atoms with E-state index in [9.17, 15) is 0 Å². The summed E-state index contributed by atoms with van der Waals surface area (Å²) in [5.41, 5.74) is 0. The van der Waals surface area contributed by atoms with Crippen LogP contribution in [0, 0.1) is 11.8 Å². The Morgan fingerprint density at radius 3 is 2.50 bits per heavy atom. The van der Waals surface area contributed by atoms with Crippen LogP contribution < -0.4 is 5.32 Å². The molecule has 0 aromatic rings. The third kappa shape index (κ3) is 4.99. The Morgan fingerprint density at radius 2 is 2.00 bits per heavy atom. The summed E-state index contributed by atoms with van der Waals surface area (Å²) in [6, 6.07) is 0.881. The normalized spacial score (nSPS) is 20.8. The van der Waals surface area contributed by atoms with E-state index in [1.54, 1.807) is 0 Å². The van der Waals surface area contributed by atoms with Crippen LogP contribution in [0.3, 0.4) is 0 Å². The van der Waals surface area contributed by atoms with Crippen molar-refractivity contribution in [3.63, 3.8) is 0 Å². The average Bonchev–Trinajstić information content (AvgIpc) is 2.98. The zero-order valence-electron chi connectivity index (χ0n) is 10.2. The average molecular weight is 197 g/mol. The van der Waals surface area contributed by atoms with Gasteiger partial charge in [0.2, 0.25) is 0 Å². The van der Waals surface area contributed by atoms with Crippen LogP contribution >= 0.6 is 0 Å². The molecule has 14 heavy (non-hydrogen) atoms. The zero-order valence-corrected chi connectivity index (χ0v) is 10.2. The Labute approximate surface area is 89.7 Å². The summed E-state index contributed by atoms with van der Waals surface area (Å²) in [6.07, 6.45) is 8.34. The van der Waals surface area contributed by atoms with Crippen molar-refractivity contribution in [1.82, 2.24) is 5.32 Å². The van der Waals surface area contributed by atoms with Gasteiger partial charge in [0.1, 0.15) is 0 Å². The van der Waals surface area contributed by atoms with Crippen LogP contribution in [0.2, 0.25) is 0 Å². The van der Waals surface area contributed by atoms with E-state index in [1.807, 2.05) is 0 Å². The molecule has 0 bridgehead atoms. The Bertz CT molecular complexity index is 140. The molecule has 0 saturated heterocycles. The number of hydrogen-bond acceptors (Lipinski definition) is 1. The highest BCUT2D eigenvalue weighted by Crippen LogP contribution is 2.22. The molecule has 0 aromatic carbocycles. The van der Waals surface area contributed by atoms with Crippen molar-refractivity contribution in [3.05, 3.63) is 0 Å². The van der Waals surface area contributed by atoms with Gasteiger partial charge < -0.3 is 5.32 Å². The maximum atomic E-state index is 3.67. The van der Waals surface area contributed by atoms with Gasteiger partial charge in [-0.15, -0.1) is 0 Å². The highest BCUT2D eigenvalue weighted by molar-refractivity contribution is 4.82. The quantitative estimate of drug-likeness (QED) is 0.627. The number of nitrogens with one attached hydrogen (secondary N) is 1. The fourth-order valence-corrected chi connectivity index (χ4v) is 2.07. The molecular weight excluding hydrogens is 170 g/mol. The van der Waals surface area contributed by atoms with Gasteiger partial charge in [-0.2, -0.15) is 0 Å². The van der Waals surface area contributed by atoms with Crippen molar-refractivity contribution in [2.24, 2.45) is 11.8 Å². The standard InChI is InChI=1S/C13H27N/c1-4-6-12(9-11(3)5-2)10-14-13-7-8-13/h11-14H,4-10H2,1-3H3. The third-order valence-electron chi connectivity index (χ3n) is 3.40. The smallest absolute Gasteiger partial charge is 0.00683 e. The molecule has 0 heterocycles. The maximum Gasteiger partial charge on any atom is 0.00683 e. The second kappa shape index (κ2) is 6.44. The lowest BCUT2D eigenvalue weighted by Gasteiger charge is -2.20. The summed E-state index contributed by atoms with van der Waals surface area (Å²) in [4.78, 5) is 0. The van der Waals surface area contributed by atoms with Gasteiger partial charge in [0, 0.05) is 6.04 Å². The van der Waals surface area contributed by atoms with Crippen molar-refractivity contribution in [1.29, 1.82) is 0 Å². The molecule has 1 heteroatoms. The molecular formula is C13H27N. The molecule has 1 aliphatic carbocycles. The molecule has 0 aliphatic heterocycles. The molecule has 0 aromatic heterocycles. The minimum atomic E-state index is 0.881. The van der Waals surface area contributed by atoms with E-state index in [-0.39, 0.29) is 0 Å². The first-order valence-corrected chi connectivity index (χ1v) is 6.49. The SMILES string of the molecule is CCCC(CNC1CC1)CC(C)CC. The van der Waals surface area contributed by atoms with Gasteiger partial charge in [-0.05, 0) is 44.1 Å². The molecule has 2 unspecified atom stereocenters. The molecule has 1 nitrogen and oxygen atoms in total. The van der Waals surface area contributed by atoms with Crippen molar-refractivity contribution in [2.75, 3.05) is 6.54 Å². The Balaban J connectivity index is 2.14.